The van der Waals surface area contributed by atoms with Crippen molar-refractivity contribution in [3.63, 3.8) is 0 Å². The molecule has 1 rings (SSSR count). The Labute approximate surface area is 79.9 Å². The third-order valence-electron chi connectivity index (χ3n) is 1.65. The van der Waals surface area contributed by atoms with Gasteiger partial charge in [-0.3, -0.25) is 10.1 Å². The molecule has 14 heavy (non-hydrogen) atoms. The van der Waals surface area contributed by atoms with Gasteiger partial charge in [0.2, 0.25) is 0 Å². The van der Waals surface area contributed by atoms with E-state index < -0.39 is 10.9 Å². The summed E-state index contributed by atoms with van der Waals surface area (Å²) in [6.45, 7) is 1.56. The van der Waals surface area contributed by atoms with Crippen molar-refractivity contribution in [2.24, 2.45) is 0 Å². The fourth-order valence-corrected chi connectivity index (χ4v) is 0.939. The number of carbonyl (C=O) groups is 1. The summed E-state index contributed by atoms with van der Waals surface area (Å²) in [6.07, 6.45) is 0. The predicted molar refractivity (Wildman–Crippen MR) is 49.8 cm³/mol. The second kappa shape index (κ2) is 4.33. The van der Waals surface area contributed by atoms with Crippen molar-refractivity contribution in [2.45, 2.75) is 6.92 Å². The average molecular weight is 198 g/mol. The van der Waals surface area contributed by atoms with Gasteiger partial charge in [-0.2, -0.15) is 0 Å². The van der Waals surface area contributed by atoms with Crippen LogP contribution in [0.4, 0.5) is 5.69 Å². The van der Waals surface area contributed by atoms with E-state index in [0.29, 0.717) is 5.56 Å². The van der Waals surface area contributed by atoms with Gasteiger partial charge in [0.15, 0.2) is 0 Å². The predicted octanol–water partition coefficient (Wildman–Crippen LogP) is 1.76. The zero-order valence-electron chi connectivity index (χ0n) is 7.56. The summed E-state index contributed by atoms with van der Waals surface area (Å²) in [5.74, 6) is -1.16. The number of rotatable bonds is 2. The maximum absolute atomic E-state index is 10.5. The van der Waals surface area contributed by atoms with Crippen molar-refractivity contribution in [1.82, 2.24) is 6.15 Å². The standard InChI is InChI=1S/C8H7NO4.H3N/c1-5-2-3-6(8(10)11)4-7(5)9(12)13;/h2-4H,1H3,(H,10,11);1H3. The maximum atomic E-state index is 10.5. The number of nitro groups is 1. The summed E-state index contributed by atoms with van der Waals surface area (Å²) in [5.41, 5.74) is 0.215. The van der Waals surface area contributed by atoms with Crippen molar-refractivity contribution >= 4 is 11.7 Å². The third-order valence-corrected chi connectivity index (χ3v) is 1.65. The zero-order chi connectivity index (χ0) is 10.0. The second-order valence-corrected chi connectivity index (χ2v) is 2.56. The van der Waals surface area contributed by atoms with Crippen LogP contribution in [0.5, 0.6) is 0 Å². The molecule has 0 amide bonds. The van der Waals surface area contributed by atoms with Gasteiger partial charge in [0.25, 0.3) is 5.69 Å². The summed E-state index contributed by atoms with van der Waals surface area (Å²) in [6, 6.07) is 3.81. The normalized spacial score (nSPS) is 8.93. The smallest absolute Gasteiger partial charge is 0.335 e. The quantitative estimate of drug-likeness (QED) is 0.554. The first-order chi connectivity index (χ1) is 6.02. The Morgan fingerprint density at radius 1 is 1.50 bits per heavy atom. The number of hydrogen-bond donors (Lipinski definition) is 2. The van der Waals surface area contributed by atoms with E-state index in [1.165, 1.54) is 12.1 Å². The Morgan fingerprint density at radius 3 is 2.50 bits per heavy atom. The molecular weight excluding hydrogens is 188 g/mol. The molecule has 0 aliphatic carbocycles. The summed E-state index contributed by atoms with van der Waals surface area (Å²) >= 11 is 0. The number of aromatic carboxylic acids is 1. The molecule has 1 aromatic rings. The number of hydrogen-bond acceptors (Lipinski definition) is 4. The van der Waals surface area contributed by atoms with E-state index in [1.54, 1.807) is 6.92 Å². The summed E-state index contributed by atoms with van der Waals surface area (Å²) in [4.78, 5) is 20.3. The molecule has 4 N–H and O–H groups in total. The maximum Gasteiger partial charge on any atom is 0.335 e. The number of nitrogens with zero attached hydrogens (tertiary/aromatic N) is 1. The molecule has 0 aromatic heterocycles. The molecule has 0 heterocycles. The van der Waals surface area contributed by atoms with Crippen molar-refractivity contribution in [1.29, 1.82) is 0 Å². The van der Waals surface area contributed by atoms with Crippen molar-refractivity contribution < 1.29 is 14.8 Å². The number of benzene rings is 1. The van der Waals surface area contributed by atoms with Gasteiger partial charge in [-0.05, 0) is 13.0 Å². The van der Waals surface area contributed by atoms with Crippen LogP contribution < -0.4 is 6.15 Å². The Hall–Kier alpha value is -1.95. The SMILES string of the molecule is Cc1ccc(C(=O)O)cc1[N+](=O)[O-].N. The van der Waals surface area contributed by atoms with Gasteiger partial charge in [0, 0.05) is 11.6 Å². The van der Waals surface area contributed by atoms with Crippen molar-refractivity contribution in [2.75, 3.05) is 0 Å². The Kier molecular flexibility index (Phi) is 3.73. The first-order valence-electron chi connectivity index (χ1n) is 3.50. The van der Waals surface area contributed by atoms with Gasteiger partial charge in [-0.1, -0.05) is 6.07 Å². The van der Waals surface area contributed by atoms with Crippen LogP contribution in [0.1, 0.15) is 15.9 Å². The van der Waals surface area contributed by atoms with Crippen LogP contribution in [0.15, 0.2) is 18.2 Å². The topological polar surface area (TPSA) is 115 Å². The molecule has 0 saturated heterocycles. The summed E-state index contributed by atoms with van der Waals surface area (Å²) in [7, 11) is 0. The van der Waals surface area contributed by atoms with Gasteiger partial charge in [-0.25, -0.2) is 4.79 Å². The highest BCUT2D eigenvalue weighted by Crippen LogP contribution is 2.18. The van der Waals surface area contributed by atoms with Crippen molar-refractivity contribution in [3.05, 3.63) is 39.4 Å². The molecule has 0 spiro atoms. The first-order valence-corrected chi connectivity index (χ1v) is 3.50. The van der Waals surface area contributed by atoms with E-state index in [4.69, 9.17) is 5.11 Å². The lowest BCUT2D eigenvalue weighted by molar-refractivity contribution is -0.385. The van der Waals surface area contributed by atoms with Crippen LogP contribution in [0.25, 0.3) is 0 Å². The molecule has 0 bridgehead atoms. The Balaban J connectivity index is 0.00000169. The average Bonchev–Trinajstić information content (AvgIpc) is 2.04. The minimum atomic E-state index is -1.16. The molecule has 0 atom stereocenters. The summed E-state index contributed by atoms with van der Waals surface area (Å²) in [5, 5.41) is 19.0. The molecule has 0 aliphatic heterocycles. The van der Waals surface area contributed by atoms with Crippen LogP contribution in [0, 0.1) is 17.0 Å². The van der Waals surface area contributed by atoms with E-state index in [2.05, 4.69) is 0 Å². The number of aryl methyl sites for hydroxylation is 1. The van der Waals surface area contributed by atoms with Crippen LogP contribution in [0.3, 0.4) is 0 Å². The fourth-order valence-electron chi connectivity index (χ4n) is 0.939. The van der Waals surface area contributed by atoms with E-state index in [9.17, 15) is 14.9 Å². The van der Waals surface area contributed by atoms with E-state index in [0.717, 1.165) is 6.07 Å². The molecule has 0 saturated carbocycles. The lowest BCUT2D eigenvalue weighted by atomic mass is 10.1. The van der Waals surface area contributed by atoms with E-state index >= 15 is 0 Å². The molecule has 0 fully saturated rings. The van der Waals surface area contributed by atoms with Gasteiger partial charge in [-0.15, -0.1) is 0 Å². The Morgan fingerprint density at radius 2 is 2.07 bits per heavy atom. The minimum absolute atomic E-state index is 0. The molecule has 76 valence electrons. The monoisotopic (exact) mass is 198 g/mol. The molecule has 6 nitrogen and oxygen atoms in total. The van der Waals surface area contributed by atoms with Crippen LogP contribution in [-0.2, 0) is 0 Å². The number of nitro benzene ring substituents is 1. The van der Waals surface area contributed by atoms with Crippen LogP contribution in [0.2, 0.25) is 0 Å². The highest BCUT2D eigenvalue weighted by atomic mass is 16.6. The van der Waals surface area contributed by atoms with Crippen LogP contribution >= 0.6 is 0 Å². The number of carboxylic acid groups (broad SMARTS) is 1. The summed E-state index contributed by atoms with van der Waals surface area (Å²) < 4.78 is 0. The van der Waals surface area contributed by atoms with Gasteiger partial charge in [0.1, 0.15) is 0 Å². The van der Waals surface area contributed by atoms with E-state index in [-0.39, 0.29) is 17.4 Å². The molecule has 6 heteroatoms. The second-order valence-electron chi connectivity index (χ2n) is 2.56. The lowest BCUT2D eigenvalue weighted by Gasteiger charge is -1.97. The van der Waals surface area contributed by atoms with Gasteiger partial charge >= 0.3 is 5.97 Å². The van der Waals surface area contributed by atoms with Gasteiger partial charge in [0.05, 0.1) is 10.5 Å². The van der Waals surface area contributed by atoms with Gasteiger partial charge < -0.3 is 11.3 Å². The minimum Gasteiger partial charge on any atom is -0.478 e. The van der Waals surface area contributed by atoms with Crippen LogP contribution in [-0.4, -0.2) is 16.0 Å². The molecule has 0 radical (unpaired) electrons. The Bertz CT molecular complexity index is 376. The lowest BCUT2D eigenvalue weighted by Crippen LogP contribution is -1.99. The fraction of sp³-hybridized carbons (Fsp3) is 0.125. The molecule has 1 aromatic carbocycles. The molecular formula is C8H10N2O4. The molecule has 0 unspecified atom stereocenters. The van der Waals surface area contributed by atoms with Crippen molar-refractivity contribution in [3.8, 4) is 0 Å². The zero-order valence-corrected chi connectivity index (χ0v) is 7.56. The highest BCUT2D eigenvalue weighted by molar-refractivity contribution is 5.88. The van der Waals surface area contributed by atoms with E-state index in [1.807, 2.05) is 0 Å². The third kappa shape index (κ3) is 2.27. The largest absolute Gasteiger partial charge is 0.478 e. The first kappa shape index (κ1) is 12.0. The number of carboxylic acids is 1. The molecule has 0 aliphatic rings. The highest BCUT2D eigenvalue weighted by Gasteiger charge is 2.13.